The molecule has 2 heterocycles. The molecule has 2 aliphatic heterocycles. The molecule has 0 aromatic carbocycles. The minimum absolute atomic E-state index is 0.0234. The van der Waals surface area contributed by atoms with Crippen molar-refractivity contribution in [3.63, 3.8) is 0 Å². The summed E-state index contributed by atoms with van der Waals surface area (Å²) in [5.74, 6) is -1.19. The van der Waals surface area contributed by atoms with Crippen molar-refractivity contribution in [3.8, 4) is 0 Å². The first-order valence-corrected chi connectivity index (χ1v) is 7.83. The fourth-order valence-electron chi connectivity index (χ4n) is 2.77. The van der Waals surface area contributed by atoms with Gasteiger partial charge in [0.25, 0.3) is 0 Å². The van der Waals surface area contributed by atoms with Crippen molar-refractivity contribution < 1.29 is 19.5 Å². The van der Waals surface area contributed by atoms with Gasteiger partial charge >= 0.3 is 5.97 Å². The molecular weight excluding hydrogens is 280 g/mol. The number of carbonyl (C=O) groups is 3. The van der Waals surface area contributed by atoms with Gasteiger partial charge in [-0.05, 0) is 20.8 Å². The molecule has 0 aliphatic carbocycles. The zero-order valence-corrected chi connectivity index (χ0v) is 12.7. The quantitative estimate of drug-likeness (QED) is 0.826. The van der Waals surface area contributed by atoms with Crippen LogP contribution >= 0.6 is 11.8 Å². The summed E-state index contributed by atoms with van der Waals surface area (Å²) in [7, 11) is 0. The number of carboxylic acid groups (broad SMARTS) is 1. The lowest BCUT2D eigenvalue weighted by atomic mass is 10.1. The Balaban J connectivity index is 2.11. The van der Waals surface area contributed by atoms with Crippen LogP contribution in [0.5, 0.6) is 0 Å². The molecular formula is C13H20N2O4S. The number of thioether (sulfide) groups is 1. The highest BCUT2D eigenvalue weighted by molar-refractivity contribution is 8.00. The number of carboxylic acids is 1. The minimum atomic E-state index is -0.972. The Morgan fingerprint density at radius 3 is 2.55 bits per heavy atom. The molecule has 0 bridgehead atoms. The van der Waals surface area contributed by atoms with E-state index in [4.69, 9.17) is 0 Å². The van der Waals surface area contributed by atoms with E-state index in [0.29, 0.717) is 12.3 Å². The predicted octanol–water partition coefficient (Wildman–Crippen LogP) is 0.618. The SMILES string of the molecule is CC(C)N1CC(C(=O)N2C(C)SCC2C(=O)O)CC1=O. The van der Waals surface area contributed by atoms with Crippen LogP contribution in [0.2, 0.25) is 0 Å². The maximum Gasteiger partial charge on any atom is 0.327 e. The highest BCUT2D eigenvalue weighted by Gasteiger charge is 2.45. The van der Waals surface area contributed by atoms with Crippen LogP contribution in [0.15, 0.2) is 0 Å². The van der Waals surface area contributed by atoms with E-state index >= 15 is 0 Å². The first kappa shape index (κ1) is 15.2. The number of aliphatic carboxylic acids is 1. The van der Waals surface area contributed by atoms with Crippen molar-refractivity contribution >= 4 is 29.5 Å². The number of hydrogen-bond donors (Lipinski definition) is 1. The molecule has 2 saturated heterocycles. The van der Waals surface area contributed by atoms with Gasteiger partial charge in [-0.3, -0.25) is 9.59 Å². The maximum atomic E-state index is 12.6. The summed E-state index contributed by atoms with van der Waals surface area (Å²) in [6.07, 6.45) is 0.192. The van der Waals surface area contributed by atoms with E-state index in [9.17, 15) is 19.5 Å². The number of nitrogens with zero attached hydrogens (tertiary/aromatic N) is 2. The number of carbonyl (C=O) groups excluding carboxylic acids is 2. The molecule has 0 aromatic heterocycles. The van der Waals surface area contributed by atoms with Crippen molar-refractivity contribution in [3.05, 3.63) is 0 Å². The molecule has 2 fully saturated rings. The number of rotatable bonds is 3. The fraction of sp³-hybridized carbons (Fsp3) is 0.769. The summed E-state index contributed by atoms with van der Waals surface area (Å²) in [4.78, 5) is 38.8. The zero-order chi connectivity index (χ0) is 15.0. The van der Waals surface area contributed by atoms with E-state index in [2.05, 4.69) is 0 Å². The van der Waals surface area contributed by atoms with Crippen LogP contribution in [-0.2, 0) is 14.4 Å². The van der Waals surface area contributed by atoms with Gasteiger partial charge in [0.15, 0.2) is 0 Å². The number of hydrogen-bond acceptors (Lipinski definition) is 4. The second-order valence-corrected chi connectivity index (χ2v) is 6.92. The van der Waals surface area contributed by atoms with Gasteiger partial charge in [0.1, 0.15) is 6.04 Å². The lowest BCUT2D eigenvalue weighted by Crippen LogP contribution is -2.48. The van der Waals surface area contributed by atoms with Gasteiger partial charge in [0, 0.05) is 24.8 Å². The minimum Gasteiger partial charge on any atom is -0.480 e. The predicted molar refractivity (Wildman–Crippen MR) is 75.1 cm³/mol. The van der Waals surface area contributed by atoms with Crippen LogP contribution < -0.4 is 0 Å². The molecule has 0 radical (unpaired) electrons. The summed E-state index contributed by atoms with van der Waals surface area (Å²) in [6.45, 7) is 6.07. The second kappa shape index (κ2) is 5.63. The Bertz CT molecular complexity index is 440. The smallest absolute Gasteiger partial charge is 0.327 e. The third-order valence-corrected chi connectivity index (χ3v) is 5.11. The van der Waals surface area contributed by atoms with Gasteiger partial charge in [0.2, 0.25) is 11.8 Å². The summed E-state index contributed by atoms with van der Waals surface area (Å²) in [5.41, 5.74) is 0. The standard InChI is InChI=1S/C13H20N2O4S/c1-7(2)14-5-9(4-11(14)16)12(17)15-8(3)20-6-10(15)13(18)19/h7-10H,4-6H2,1-3H3,(H,18,19). The summed E-state index contributed by atoms with van der Waals surface area (Å²) in [5, 5.41) is 9.05. The van der Waals surface area contributed by atoms with Crippen molar-refractivity contribution in [1.29, 1.82) is 0 Å². The Morgan fingerprint density at radius 1 is 1.40 bits per heavy atom. The van der Waals surface area contributed by atoms with Crippen LogP contribution in [0.3, 0.4) is 0 Å². The Kier molecular flexibility index (Phi) is 4.27. The lowest BCUT2D eigenvalue weighted by Gasteiger charge is -2.28. The van der Waals surface area contributed by atoms with Gasteiger partial charge in [-0.15, -0.1) is 11.8 Å². The van der Waals surface area contributed by atoms with Gasteiger partial charge < -0.3 is 14.9 Å². The Hall–Kier alpha value is -1.24. The Labute approximate surface area is 122 Å². The molecule has 0 spiro atoms. The topological polar surface area (TPSA) is 77.9 Å². The first-order valence-electron chi connectivity index (χ1n) is 6.79. The molecule has 2 rings (SSSR count). The van der Waals surface area contributed by atoms with Crippen molar-refractivity contribution in [2.24, 2.45) is 5.92 Å². The van der Waals surface area contributed by atoms with Crippen molar-refractivity contribution in [1.82, 2.24) is 9.80 Å². The molecule has 7 heteroatoms. The van der Waals surface area contributed by atoms with Crippen molar-refractivity contribution in [2.45, 2.75) is 44.6 Å². The summed E-state index contributed by atoms with van der Waals surface area (Å²) in [6, 6.07) is -0.702. The molecule has 1 N–H and O–H groups in total. The highest BCUT2D eigenvalue weighted by Crippen LogP contribution is 2.32. The molecule has 112 valence electrons. The third kappa shape index (κ3) is 2.63. The van der Waals surface area contributed by atoms with Crippen LogP contribution in [0.4, 0.5) is 0 Å². The second-order valence-electron chi connectivity index (χ2n) is 5.57. The van der Waals surface area contributed by atoms with E-state index in [-0.39, 0.29) is 29.7 Å². The van der Waals surface area contributed by atoms with Crippen LogP contribution in [-0.4, -0.2) is 62.4 Å². The summed E-state index contributed by atoms with van der Waals surface area (Å²) >= 11 is 1.46. The van der Waals surface area contributed by atoms with E-state index < -0.39 is 17.9 Å². The van der Waals surface area contributed by atoms with Crippen molar-refractivity contribution in [2.75, 3.05) is 12.3 Å². The van der Waals surface area contributed by atoms with Gasteiger partial charge in [-0.25, -0.2) is 4.79 Å². The van der Waals surface area contributed by atoms with E-state index in [1.807, 2.05) is 20.8 Å². The van der Waals surface area contributed by atoms with Gasteiger partial charge in [0.05, 0.1) is 11.3 Å². The zero-order valence-electron chi connectivity index (χ0n) is 11.9. The molecule has 2 amide bonds. The molecule has 3 unspecified atom stereocenters. The van der Waals surface area contributed by atoms with Gasteiger partial charge in [-0.1, -0.05) is 0 Å². The first-order chi connectivity index (χ1) is 9.32. The number of likely N-dealkylation sites (tertiary alicyclic amines) is 1. The van der Waals surface area contributed by atoms with E-state index in [0.717, 1.165) is 0 Å². The summed E-state index contributed by atoms with van der Waals surface area (Å²) < 4.78 is 0. The van der Waals surface area contributed by atoms with Gasteiger partial charge in [-0.2, -0.15) is 0 Å². The molecule has 0 saturated carbocycles. The fourth-order valence-corrected chi connectivity index (χ4v) is 3.95. The maximum absolute atomic E-state index is 12.6. The normalized spacial score (nSPS) is 30.4. The largest absolute Gasteiger partial charge is 0.480 e. The van der Waals surface area contributed by atoms with Crippen LogP contribution in [0.1, 0.15) is 27.2 Å². The molecule has 0 aromatic rings. The van der Waals surface area contributed by atoms with E-state index in [1.54, 1.807) is 4.90 Å². The van der Waals surface area contributed by atoms with E-state index in [1.165, 1.54) is 16.7 Å². The third-order valence-electron chi connectivity index (χ3n) is 3.89. The van der Waals surface area contributed by atoms with Crippen LogP contribution in [0.25, 0.3) is 0 Å². The lowest BCUT2D eigenvalue weighted by molar-refractivity contribution is -0.150. The molecule has 20 heavy (non-hydrogen) atoms. The number of amides is 2. The Morgan fingerprint density at radius 2 is 2.05 bits per heavy atom. The average molecular weight is 300 g/mol. The molecule has 6 nitrogen and oxygen atoms in total. The average Bonchev–Trinajstić information content (AvgIpc) is 2.91. The highest BCUT2D eigenvalue weighted by atomic mass is 32.2. The molecule has 3 atom stereocenters. The molecule has 2 aliphatic rings. The monoisotopic (exact) mass is 300 g/mol. The van der Waals surface area contributed by atoms with Crippen LogP contribution in [0, 0.1) is 5.92 Å².